The lowest BCUT2D eigenvalue weighted by Gasteiger charge is -2.35. The van der Waals surface area contributed by atoms with E-state index in [9.17, 15) is 9.18 Å². The van der Waals surface area contributed by atoms with Crippen LogP contribution in [0.25, 0.3) is 0 Å². The van der Waals surface area contributed by atoms with Gasteiger partial charge in [0.2, 0.25) is 5.91 Å². The molecule has 18 heavy (non-hydrogen) atoms. The molecule has 5 heteroatoms. The fraction of sp³-hybridized carbons (Fsp3) is 0.538. The highest BCUT2D eigenvalue weighted by molar-refractivity contribution is 5.76. The molecule has 0 spiro atoms. The molecular formula is C13H18FN3O. The number of carbonyl (C=O) groups excluding carboxylic acids is 1. The van der Waals surface area contributed by atoms with Crippen LogP contribution in [0.3, 0.4) is 0 Å². The van der Waals surface area contributed by atoms with Gasteiger partial charge in [0.15, 0.2) is 0 Å². The number of halogens is 1. The van der Waals surface area contributed by atoms with E-state index in [2.05, 4.69) is 9.88 Å². The highest BCUT2D eigenvalue weighted by Gasteiger charge is 2.20. The van der Waals surface area contributed by atoms with Crippen LogP contribution in [0, 0.1) is 5.82 Å². The number of rotatable bonds is 3. The zero-order valence-corrected chi connectivity index (χ0v) is 10.6. The fourth-order valence-corrected chi connectivity index (χ4v) is 2.11. The smallest absolute Gasteiger partial charge is 0.222 e. The standard InChI is InChI=1S/C13H18FN3O/c1-2-3-13(18)17-8-6-16(7-9-17)12-5-4-11(14)10-15-12/h4-5,10H,2-3,6-9H2,1H3. The summed E-state index contributed by atoms with van der Waals surface area (Å²) >= 11 is 0. The summed E-state index contributed by atoms with van der Waals surface area (Å²) in [6.45, 7) is 4.97. The van der Waals surface area contributed by atoms with Gasteiger partial charge >= 0.3 is 0 Å². The summed E-state index contributed by atoms with van der Waals surface area (Å²) in [6.07, 6.45) is 2.73. The molecule has 0 atom stereocenters. The maximum Gasteiger partial charge on any atom is 0.222 e. The third kappa shape index (κ3) is 2.97. The van der Waals surface area contributed by atoms with Gasteiger partial charge in [0.25, 0.3) is 0 Å². The fourth-order valence-electron chi connectivity index (χ4n) is 2.11. The van der Waals surface area contributed by atoms with Crippen LogP contribution < -0.4 is 4.90 Å². The molecule has 0 aromatic carbocycles. The first kappa shape index (κ1) is 12.8. The van der Waals surface area contributed by atoms with Crippen LogP contribution in [0.15, 0.2) is 18.3 Å². The number of hydrogen-bond donors (Lipinski definition) is 0. The maximum atomic E-state index is 12.8. The van der Waals surface area contributed by atoms with Crippen molar-refractivity contribution in [3.63, 3.8) is 0 Å². The zero-order valence-electron chi connectivity index (χ0n) is 10.6. The molecule has 0 N–H and O–H groups in total. The summed E-state index contributed by atoms with van der Waals surface area (Å²) in [5.41, 5.74) is 0. The number of hydrogen-bond acceptors (Lipinski definition) is 3. The average Bonchev–Trinajstić information content (AvgIpc) is 2.40. The third-order valence-corrected chi connectivity index (χ3v) is 3.13. The van der Waals surface area contributed by atoms with Gasteiger partial charge in [-0.25, -0.2) is 9.37 Å². The summed E-state index contributed by atoms with van der Waals surface area (Å²) in [5, 5.41) is 0. The summed E-state index contributed by atoms with van der Waals surface area (Å²) < 4.78 is 12.8. The Kier molecular flexibility index (Phi) is 4.12. The molecule has 0 unspecified atom stereocenters. The lowest BCUT2D eigenvalue weighted by atomic mass is 10.2. The average molecular weight is 251 g/mol. The van der Waals surface area contributed by atoms with E-state index in [1.165, 1.54) is 12.3 Å². The number of aromatic nitrogens is 1. The predicted octanol–water partition coefficient (Wildman–Crippen LogP) is 1.67. The second-order valence-electron chi connectivity index (χ2n) is 4.45. The van der Waals surface area contributed by atoms with E-state index in [0.29, 0.717) is 6.42 Å². The molecule has 2 rings (SSSR count). The Labute approximate surface area is 106 Å². The molecule has 1 aliphatic heterocycles. The molecule has 1 amide bonds. The van der Waals surface area contributed by atoms with Gasteiger partial charge in [0, 0.05) is 32.6 Å². The van der Waals surface area contributed by atoms with Crippen LogP contribution in [0.5, 0.6) is 0 Å². The van der Waals surface area contributed by atoms with Crippen molar-refractivity contribution in [1.82, 2.24) is 9.88 Å². The summed E-state index contributed by atoms with van der Waals surface area (Å²) in [5.74, 6) is 0.679. The number of piperazine rings is 1. The molecule has 4 nitrogen and oxygen atoms in total. The van der Waals surface area contributed by atoms with Gasteiger partial charge in [-0.2, -0.15) is 0 Å². The Hall–Kier alpha value is -1.65. The van der Waals surface area contributed by atoms with Crippen molar-refractivity contribution < 1.29 is 9.18 Å². The minimum absolute atomic E-state index is 0.226. The summed E-state index contributed by atoms with van der Waals surface area (Å²) in [7, 11) is 0. The van der Waals surface area contributed by atoms with Gasteiger partial charge in [-0.1, -0.05) is 6.92 Å². The highest BCUT2D eigenvalue weighted by Crippen LogP contribution is 2.14. The predicted molar refractivity (Wildman–Crippen MR) is 67.9 cm³/mol. The van der Waals surface area contributed by atoms with E-state index in [1.54, 1.807) is 6.07 Å². The molecule has 1 saturated heterocycles. The van der Waals surface area contributed by atoms with Crippen LogP contribution >= 0.6 is 0 Å². The summed E-state index contributed by atoms with van der Waals surface area (Å²) in [6, 6.07) is 3.09. The van der Waals surface area contributed by atoms with E-state index in [-0.39, 0.29) is 11.7 Å². The van der Waals surface area contributed by atoms with Crippen LogP contribution in [0.2, 0.25) is 0 Å². The topological polar surface area (TPSA) is 36.4 Å². The molecule has 1 aromatic rings. The number of anilines is 1. The van der Waals surface area contributed by atoms with Crippen LogP contribution in [-0.2, 0) is 4.79 Å². The van der Waals surface area contributed by atoms with Crippen molar-refractivity contribution in [3.05, 3.63) is 24.1 Å². The lowest BCUT2D eigenvalue weighted by molar-refractivity contribution is -0.131. The van der Waals surface area contributed by atoms with Gasteiger partial charge < -0.3 is 9.80 Å². The Bertz CT molecular complexity index is 399. The van der Waals surface area contributed by atoms with E-state index in [0.717, 1.165) is 38.4 Å². The second kappa shape index (κ2) is 5.80. The molecule has 1 aliphatic rings. The molecule has 2 heterocycles. The number of carbonyl (C=O) groups is 1. The molecule has 0 radical (unpaired) electrons. The minimum atomic E-state index is -0.324. The Morgan fingerprint density at radius 1 is 1.33 bits per heavy atom. The lowest BCUT2D eigenvalue weighted by Crippen LogP contribution is -2.49. The van der Waals surface area contributed by atoms with Crippen LogP contribution in [0.1, 0.15) is 19.8 Å². The number of nitrogens with zero attached hydrogens (tertiary/aromatic N) is 3. The van der Waals surface area contributed by atoms with Gasteiger partial charge in [0.05, 0.1) is 6.20 Å². The Morgan fingerprint density at radius 3 is 2.61 bits per heavy atom. The second-order valence-corrected chi connectivity index (χ2v) is 4.45. The van der Waals surface area contributed by atoms with Crippen molar-refractivity contribution in [2.24, 2.45) is 0 Å². The maximum absolute atomic E-state index is 12.8. The molecule has 98 valence electrons. The van der Waals surface area contributed by atoms with Crippen molar-refractivity contribution in [3.8, 4) is 0 Å². The first-order valence-corrected chi connectivity index (χ1v) is 6.35. The van der Waals surface area contributed by atoms with Crippen molar-refractivity contribution >= 4 is 11.7 Å². The number of amides is 1. The Morgan fingerprint density at radius 2 is 2.06 bits per heavy atom. The van der Waals surface area contributed by atoms with Gasteiger partial charge in [-0.05, 0) is 18.6 Å². The van der Waals surface area contributed by atoms with Crippen molar-refractivity contribution in [2.45, 2.75) is 19.8 Å². The normalized spacial score (nSPS) is 15.9. The van der Waals surface area contributed by atoms with E-state index < -0.39 is 0 Å². The van der Waals surface area contributed by atoms with Gasteiger partial charge in [0.1, 0.15) is 11.6 Å². The molecular weight excluding hydrogens is 233 g/mol. The summed E-state index contributed by atoms with van der Waals surface area (Å²) in [4.78, 5) is 19.8. The molecule has 0 saturated carbocycles. The van der Waals surface area contributed by atoms with Crippen LogP contribution in [0.4, 0.5) is 10.2 Å². The van der Waals surface area contributed by atoms with Crippen LogP contribution in [-0.4, -0.2) is 42.0 Å². The molecule has 1 fully saturated rings. The highest BCUT2D eigenvalue weighted by atomic mass is 19.1. The first-order valence-electron chi connectivity index (χ1n) is 6.35. The van der Waals surface area contributed by atoms with Gasteiger partial charge in [-0.15, -0.1) is 0 Å². The number of pyridine rings is 1. The van der Waals surface area contributed by atoms with E-state index in [1.807, 2.05) is 11.8 Å². The quantitative estimate of drug-likeness (QED) is 0.820. The first-order chi connectivity index (χ1) is 8.70. The Balaban J connectivity index is 1.90. The van der Waals surface area contributed by atoms with E-state index in [4.69, 9.17) is 0 Å². The van der Waals surface area contributed by atoms with Gasteiger partial charge in [-0.3, -0.25) is 4.79 Å². The molecule has 0 aliphatic carbocycles. The zero-order chi connectivity index (χ0) is 13.0. The van der Waals surface area contributed by atoms with Crippen molar-refractivity contribution in [2.75, 3.05) is 31.1 Å². The van der Waals surface area contributed by atoms with E-state index >= 15 is 0 Å². The molecule has 0 bridgehead atoms. The largest absolute Gasteiger partial charge is 0.353 e. The molecule has 1 aromatic heterocycles. The third-order valence-electron chi connectivity index (χ3n) is 3.13. The monoisotopic (exact) mass is 251 g/mol. The van der Waals surface area contributed by atoms with Crippen molar-refractivity contribution in [1.29, 1.82) is 0 Å². The minimum Gasteiger partial charge on any atom is -0.353 e. The SMILES string of the molecule is CCCC(=O)N1CCN(c2ccc(F)cn2)CC1.